The number of sulfonamides is 1. The summed E-state index contributed by atoms with van der Waals surface area (Å²) in [6.07, 6.45) is 0. The molecule has 0 saturated carbocycles. The molecule has 0 aliphatic carbocycles. The quantitative estimate of drug-likeness (QED) is 0.248. The molecule has 0 aliphatic rings. The van der Waals surface area contributed by atoms with Gasteiger partial charge in [0.1, 0.15) is 16.9 Å². The number of fused-ring (bicyclic) bond motifs is 1. The van der Waals surface area contributed by atoms with Crippen LogP contribution < -0.4 is 4.31 Å². The van der Waals surface area contributed by atoms with Crippen LogP contribution in [-0.4, -0.2) is 26.9 Å². The number of ether oxygens (including phenoxy) is 1. The normalized spacial score (nSPS) is 11.4. The van der Waals surface area contributed by atoms with E-state index < -0.39 is 21.9 Å². The van der Waals surface area contributed by atoms with Gasteiger partial charge in [0.2, 0.25) is 0 Å². The molecule has 4 rings (SSSR count). The van der Waals surface area contributed by atoms with E-state index >= 15 is 0 Å². The van der Waals surface area contributed by atoms with Crippen molar-refractivity contribution in [2.75, 3.05) is 10.9 Å². The molecular weight excluding hydrogens is 558 g/mol. The van der Waals surface area contributed by atoms with Crippen LogP contribution in [-0.2, 0) is 14.8 Å². The number of furan rings is 1. The second kappa shape index (κ2) is 9.85. The van der Waals surface area contributed by atoms with Gasteiger partial charge in [-0.15, -0.1) is 0 Å². The zero-order valence-electron chi connectivity index (χ0n) is 18.6. The van der Waals surface area contributed by atoms with E-state index in [0.29, 0.717) is 30.5 Å². The van der Waals surface area contributed by atoms with E-state index in [4.69, 9.17) is 20.8 Å². The molecule has 0 fully saturated rings. The molecule has 0 bridgehead atoms. The molecule has 35 heavy (non-hydrogen) atoms. The first-order valence-corrected chi connectivity index (χ1v) is 13.1. The Bertz CT molecular complexity index is 1530. The Hall–Kier alpha value is -3.14. The van der Waals surface area contributed by atoms with Crippen molar-refractivity contribution in [2.45, 2.75) is 18.7 Å². The summed E-state index contributed by atoms with van der Waals surface area (Å²) >= 11 is 9.24. The minimum absolute atomic E-state index is 0.0340. The molecule has 7 nitrogen and oxygen atoms in total. The number of carbonyl (C=O) groups is 2. The Balaban J connectivity index is 1.93. The summed E-state index contributed by atoms with van der Waals surface area (Å²) in [6.45, 7) is 3.45. The minimum Gasteiger partial charge on any atom is -0.462 e. The van der Waals surface area contributed by atoms with Gasteiger partial charge in [-0.05, 0) is 80.6 Å². The van der Waals surface area contributed by atoms with Gasteiger partial charge in [-0.25, -0.2) is 13.2 Å². The average molecular weight is 577 g/mol. The highest BCUT2D eigenvalue weighted by atomic mass is 79.9. The summed E-state index contributed by atoms with van der Waals surface area (Å²) in [5, 5.41) is 0.733. The number of amides is 1. The Kier molecular flexibility index (Phi) is 7.02. The number of rotatable bonds is 6. The van der Waals surface area contributed by atoms with Crippen molar-refractivity contribution >= 4 is 66.1 Å². The second-order valence-electron chi connectivity index (χ2n) is 7.47. The number of esters is 1. The standard InChI is InChI=1S/C25H19BrClNO6S/c1-3-33-25(30)23-15(2)34-22-13-10-19(14-21(22)23)28(24(29)16-4-8-18(27)9-5-16)35(31,32)20-11-6-17(26)7-12-20/h4-14H,3H2,1-2H3. The maximum absolute atomic E-state index is 13.7. The van der Waals surface area contributed by atoms with E-state index in [9.17, 15) is 18.0 Å². The zero-order chi connectivity index (χ0) is 25.3. The van der Waals surface area contributed by atoms with Crippen LogP contribution in [0.1, 0.15) is 33.4 Å². The van der Waals surface area contributed by atoms with E-state index in [1.807, 2.05) is 0 Å². The monoisotopic (exact) mass is 575 g/mol. The molecule has 4 aromatic rings. The van der Waals surface area contributed by atoms with Gasteiger partial charge < -0.3 is 9.15 Å². The summed E-state index contributed by atoms with van der Waals surface area (Å²) in [7, 11) is -4.35. The number of carbonyl (C=O) groups excluding carboxylic acids is 2. The first-order chi connectivity index (χ1) is 16.6. The van der Waals surface area contributed by atoms with Crippen LogP contribution in [0.2, 0.25) is 5.02 Å². The topological polar surface area (TPSA) is 93.9 Å². The smallest absolute Gasteiger partial charge is 0.342 e. The first-order valence-electron chi connectivity index (χ1n) is 10.4. The van der Waals surface area contributed by atoms with E-state index in [-0.39, 0.29) is 28.3 Å². The lowest BCUT2D eigenvalue weighted by molar-refractivity contribution is 0.0526. The summed E-state index contributed by atoms with van der Waals surface area (Å²) in [5.74, 6) is -1.07. The number of nitrogens with zero attached hydrogens (tertiary/aromatic N) is 1. The van der Waals surface area contributed by atoms with Crippen LogP contribution in [0.15, 0.2) is 80.5 Å². The molecule has 0 aliphatic heterocycles. The van der Waals surface area contributed by atoms with E-state index in [1.54, 1.807) is 26.0 Å². The van der Waals surface area contributed by atoms with Crippen LogP contribution >= 0.6 is 27.5 Å². The molecule has 0 unspecified atom stereocenters. The number of hydrogen-bond donors (Lipinski definition) is 0. The van der Waals surface area contributed by atoms with Crippen LogP contribution in [0, 0.1) is 6.92 Å². The van der Waals surface area contributed by atoms with Gasteiger partial charge in [0, 0.05) is 20.4 Å². The highest BCUT2D eigenvalue weighted by Gasteiger charge is 2.33. The minimum atomic E-state index is -4.35. The number of aryl methyl sites for hydroxylation is 1. The first kappa shape index (κ1) is 25.0. The van der Waals surface area contributed by atoms with E-state index in [2.05, 4.69) is 15.9 Å². The van der Waals surface area contributed by atoms with Crippen molar-refractivity contribution in [2.24, 2.45) is 0 Å². The third-order valence-electron chi connectivity index (χ3n) is 5.19. The Morgan fingerprint density at radius 1 is 1.03 bits per heavy atom. The van der Waals surface area contributed by atoms with Crippen molar-refractivity contribution in [1.29, 1.82) is 0 Å². The number of halogens is 2. The predicted molar refractivity (Wildman–Crippen MR) is 136 cm³/mol. The van der Waals surface area contributed by atoms with Crippen molar-refractivity contribution in [3.8, 4) is 0 Å². The molecule has 10 heteroatoms. The lowest BCUT2D eigenvalue weighted by Gasteiger charge is -2.23. The van der Waals surface area contributed by atoms with Gasteiger partial charge in [-0.2, -0.15) is 4.31 Å². The summed E-state index contributed by atoms with van der Waals surface area (Å²) < 4.78 is 39.7. The third kappa shape index (κ3) is 4.84. The molecule has 0 spiro atoms. The van der Waals surface area contributed by atoms with Gasteiger partial charge in [-0.3, -0.25) is 4.79 Å². The molecule has 1 heterocycles. The Morgan fingerprint density at radius 3 is 2.31 bits per heavy atom. The van der Waals surface area contributed by atoms with Gasteiger partial charge in [-0.1, -0.05) is 27.5 Å². The van der Waals surface area contributed by atoms with Gasteiger partial charge in [0.15, 0.2) is 0 Å². The van der Waals surface area contributed by atoms with E-state index in [1.165, 1.54) is 54.6 Å². The average Bonchev–Trinajstić information content (AvgIpc) is 3.15. The maximum Gasteiger partial charge on any atom is 0.342 e. The fraction of sp³-hybridized carbons (Fsp3) is 0.120. The highest BCUT2D eigenvalue weighted by Crippen LogP contribution is 2.33. The fourth-order valence-corrected chi connectivity index (χ4v) is 5.37. The summed E-state index contributed by atoms with van der Waals surface area (Å²) in [6, 6.07) is 16.2. The van der Waals surface area contributed by atoms with Crippen molar-refractivity contribution in [3.63, 3.8) is 0 Å². The van der Waals surface area contributed by atoms with Crippen LogP contribution in [0.25, 0.3) is 11.0 Å². The highest BCUT2D eigenvalue weighted by molar-refractivity contribution is 9.10. The Morgan fingerprint density at radius 2 is 1.69 bits per heavy atom. The molecule has 1 amide bonds. The molecule has 180 valence electrons. The number of anilines is 1. The Labute approximate surface area is 215 Å². The summed E-state index contributed by atoms with van der Waals surface area (Å²) in [4.78, 5) is 26.1. The SMILES string of the molecule is CCOC(=O)c1c(C)oc2ccc(N(C(=O)c3ccc(Cl)cc3)S(=O)(=O)c3ccc(Br)cc3)cc12. The lowest BCUT2D eigenvalue weighted by Crippen LogP contribution is -2.37. The zero-order valence-corrected chi connectivity index (χ0v) is 21.8. The summed E-state index contributed by atoms with van der Waals surface area (Å²) in [5.41, 5.74) is 0.675. The molecule has 0 atom stereocenters. The van der Waals surface area contributed by atoms with E-state index in [0.717, 1.165) is 0 Å². The van der Waals surface area contributed by atoms with Crippen molar-refractivity contribution < 1.29 is 27.2 Å². The fourth-order valence-electron chi connectivity index (χ4n) is 3.58. The largest absolute Gasteiger partial charge is 0.462 e. The van der Waals surface area contributed by atoms with Crippen molar-refractivity contribution in [1.82, 2.24) is 0 Å². The van der Waals surface area contributed by atoms with Gasteiger partial charge in [0.05, 0.1) is 17.2 Å². The van der Waals surface area contributed by atoms with Crippen LogP contribution in [0.3, 0.4) is 0 Å². The molecule has 1 aromatic heterocycles. The molecular formula is C25H19BrClNO6S. The molecule has 0 N–H and O–H groups in total. The molecule has 0 radical (unpaired) electrons. The molecule has 3 aromatic carbocycles. The number of hydrogen-bond acceptors (Lipinski definition) is 6. The van der Waals surface area contributed by atoms with Gasteiger partial charge in [0.25, 0.3) is 15.9 Å². The van der Waals surface area contributed by atoms with Crippen LogP contribution in [0.5, 0.6) is 0 Å². The maximum atomic E-state index is 13.7. The molecule has 0 saturated heterocycles. The van der Waals surface area contributed by atoms with Gasteiger partial charge >= 0.3 is 5.97 Å². The predicted octanol–water partition coefficient (Wildman–Crippen LogP) is 6.37. The third-order valence-corrected chi connectivity index (χ3v) is 7.70. The van der Waals surface area contributed by atoms with Crippen LogP contribution in [0.4, 0.5) is 5.69 Å². The second-order valence-corrected chi connectivity index (χ2v) is 10.6. The lowest BCUT2D eigenvalue weighted by atomic mass is 10.1. The number of benzene rings is 3. The van der Waals surface area contributed by atoms with Crippen molar-refractivity contribution in [3.05, 3.63) is 93.1 Å².